The first-order valence-electron chi connectivity index (χ1n) is 10.6. The summed E-state index contributed by atoms with van der Waals surface area (Å²) in [6, 6.07) is 16.6. The summed E-state index contributed by atoms with van der Waals surface area (Å²) in [6.45, 7) is 4.79. The van der Waals surface area contributed by atoms with Gasteiger partial charge in [-0.3, -0.25) is 10.4 Å². The molecular weight excluding hydrogens is 364 g/mol. The van der Waals surface area contributed by atoms with Crippen LogP contribution >= 0.6 is 0 Å². The van der Waals surface area contributed by atoms with Gasteiger partial charge < -0.3 is 14.1 Å². The largest absolute Gasteiger partial charge is 0.459 e. The molecule has 5 rings (SSSR count). The maximum Gasteiger partial charge on any atom is 0.134 e. The average Bonchev–Trinajstić information content (AvgIpc) is 3.40. The maximum absolute atomic E-state index is 6.12. The van der Waals surface area contributed by atoms with Gasteiger partial charge in [-0.2, -0.15) is 0 Å². The third-order valence-electron chi connectivity index (χ3n) is 6.06. The number of para-hydroxylation sites is 1. The van der Waals surface area contributed by atoms with Crippen LogP contribution in [0.3, 0.4) is 0 Å². The highest BCUT2D eigenvalue weighted by Gasteiger charge is 2.33. The number of hydrazine groups is 1. The Morgan fingerprint density at radius 3 is 2.79 bits per heavy atom. The minimum Gasteiger partial charge on any atom is -0.459 e. The SMILES string of the molecule is c1ccc(COC2CCN(CC3CNNC3c3cc4ccccc4o3)CC2)nc1. The fourth-order valence-corrected chi connectivity index (χ4v) is 4.44. The van der Waals surface area contributed by atoms with E-state index in [1.54, 1.807) is 0 Å². The summed E-state index contributed by atoms with van der Waals surface area (Å²) in [4.78, 5) is 6.91. The number of hydrogen-bond donors (Lipinski definition) is 2. The molecule has 0 aliphatic carbocycles. The molecular formula is C23H28N4O2. The molecule has 2 aliphatic rings. The third-order valence-corrected chi connectivity index (χ3v) is 6.06. The number of hydrogen-bond acceptors (Lipinski definition) is 6. The summed E-state index contributed by atoms with van der Waals surface area (Å²) in [5.74, 6) is 1.51. The second kappa shape index (κ2) is 8.63. The van der Waals surface area contributed by atoms with Gasteiger partial charge in [0.1, 0.15) is 11.3 Å². The van der Waals surface area contributed by atoms with E-state index in [1.165, 1.54) is 5.39 Å². The van der Waals surface area contributed by atoms with Gasteiger partial charge in [0.15, 0.2) is 0 Å². The molecule has 2 atom stereocenters. The molecule has 2 aliphatic heterocycles. The molecule has 0 spiro atoms. The van der Waals surface area contributed by atoms with Crippen molar-refractivity contribution in [2.24, 2.45) is 5.92 Å². The van der Waals surface area contributed by atoms with E-state index in [1.807, 2.05) is 36.5 Å². The standard InChI is InChI=1S/C23H28N4O2/c1-2-7-21-17(5-1)13-22(29-21)23-18(14-25-26-23)15-27-11-8-20(9-12-27)28-16-19-6-3-4-10-24-19/h1-7,10,13,18,20,23,25-26H,8-9,11-12,14-16H2. The Morgan fingerprint density at radius 1 is 1.10 bits per heavy atom. The minimum absolute atomic E-state index is 0.209. The predicted molar refractivity (Wildman–Crippen MR) is 112 cm³/mol. The highest BCUT2D eigenvalue weighted by atomic mass is 16.5. The summed E-state index contributed by atoms with van der Waals surface area (Å²) in [5.41, 5.74) is 8.72. The van der Waals surface area contributed by atoms with Crippen molar-refractivity contribution in [2.75, 3.05) is 26.2 Å². The smallest absolute Gasteiger partial charge is 0.134 e. The molecule has 2 aromatic heterocycles. The quantitative estimate of drug-likeness (QED) is 0.671. The monoisotopic (exact) mass is 392 g/mol. The molecule has 1 aromatic carbocycles. The van der Waals surface area contributed by atoms with E-state index in [0.717, 1.165) is 56.1 Å². The van der Waals surface area contributed by atoms with Crippen LogP contribution in [0.5, 0.6) is 0 Å². The number of benzene rings is 1. The number of pyridine rings is 1. The maximum atomic E-state index is 6.12. The number of piperidine rings is 1. The Balaban J connectivity index is 1.14. The van der Waals surface area contributed by atoms with Gasteiger partial charge in [0.05, 0.1) is 24.4 Å². The van der Waals surface area contributed by atoms with Crippen molar-refractivity contribution in [2.45, 2.75) is 31.6 Å². The Labute approximate surface area is 171 Å². The van der Waals surface area contributed by atoms with E-state index in [9.17, 15) is 0 Å². The number of furan rings is 1. The molecule has 0 bridgehead atoms. The van der Waals surface area contributed by atoms with Gasteiger partial charge >= 0.3 is 0 Å². The first kappa shape index (κ1) is 18.8. The minimum atomic E-state index is 0.209. The van der Waals surface area contributed by atoms with Crippen molar-refractivity contribution < 1.29 is 9.15 Å². The van der Waals surface area contributed by atoms with Crippen LogP contribution in [0.25, 0.3) is 11.0 Å². The second-order valence-corrected chi connectivity index (χ2v) is 8.08. The van der Waals surface area contributed by atoms with E-state index in [2.05, 4.69) is 38.9 Å². The zero-order valence-corrected chi connectivity index (χ0v) is 16.6. The number of nitrogens with zero attached hydrogens (tertiary/aromatic N) is 2. The molecule has 2 saturated heterocycles. The lowest BCUT2D eigenvalue weighted by atomic mass is 9.97. The van der Waals surface area contributed by atoms with Gasteiger partial charge in [0.25, 0.3) is 0 Å². The van der Waals surface area contributed by atoms with Crippen molar-refractivity contribution in [3.05, 3.63) is 66.2 Å². The van der Waals surface area contributed by atoms with Gasteiger partial charge in [-0.15, -0.1) is 0 Å². The van der Waals surface area contributed by atoms with E-state index in [-0.39, 0.29) is 6.04 Å². The van der Waals surface area contributed by atoms with Crippen molar-refractivity contribution >= 4 is 11.0 Å². The number of fused-ring (bicyclic) bond motifs is 1. The number of nitrogens with one attached hydrogen (secondary N) is 2. The van der Waals surface area contributed by atoms with Crippen LogP contribution < -0.4 is 10.9 Å². The molecule has 3 aromatic rings. The Morgan fingerprint density at radius 2 is 1.97 bits per heavy atom. The highest BCUT2D eigenvalue weighted by Crippen LogP contribution is 2.31. The summed E-state index contributed by atoms with van der Waals surface area (Å²) < 4.78 is 12.2. The number of ether oxygens (including phenoxy) is 1. The molecule has 2 unspecified atom stereocenters. The second-order valence-electron chi connectivity index (χ2n) is 8.08. The van der Waals surface area contributed by atoms with Crippen LogP contribution in [0.4, 0.5) is 0 Å². The van der Waals surface area contributed by atoms with Crippen molar-refractivity contribution in [1.29, 1.82) is 0 Å². The zero-order chi connectivity index (χ0) is 19.5. The molecule has 6 nitrogen and oxygen atoms in total. The lowest BCUT2D eigenvalue weighted by molar-refractivity contribution is -0.00645. The average molecular weight is 393 g/mol. The molecule has 4 heterocycles. The summed E-state index contributed by atoms with van der Waals surface area (Å²) in [6.07, 6.45) is 4.31. The van der Waals surface area contributed by atoms with Crippen molar-refractivity contribution in [1.82, 2.24) is 20.7 Å². The zero-order valence-electron chi connectivity index (χ0n) is 16.6. The molecule has 152 valence electrons. The third kappa shape index (κ3) is 4.36. The summed E-state index contributed by atoms with van der Waals surface area (Å²) >= 11 is 0. The topological polar surface area (TPSA) is 62.6 Å². The molecule has 29 heavy (non-hydrogen) atoms. The van der Waals surface area contributed by atoms with Crippen LogP contribution in [-0.2, 0) is 11.3 Å². The first-order valence-corrected chi connectivity index (χ1v) is 10.6. The number of aromatic nitrogens is 1. The molecule has 0 radical (unpaired) electrons. The summed E-state index contributed by atoms with van der Waals surface area (Å²) in [5, 5.41) is 1.17. The van der Waals surface area contributed by atoms with Gasteiger partial charge in [-0.25, -0.2) is 5.43 Å². The predicted octanol–water partition coefficient (Wildman–Crippen LogP) is 3.27. The normalized spacial score (nSPS) is 23.7. The fourth-order valence-electron chi connectivity index (χ4n) is 4.44. The molecule has 6 heteroatoms. The van der Waals surface area contributed by atoms with E-state index in [4.69, 9.17) is 9.15 Å². The number of likely N-dealkylation sites (tertiary alicyclic amines) is 1. The molecule has 2 fully saturated rings. The van der Waals surface area contributed by atoms with Crippen LogP contribution in [0, 0.1) is 5.92 Å². The van der Waals surface area contributed by atoms with E-state index < -0.39 is 0 Å². The Bertz CT molecular complexity index is 888. The lowest BCUT2D eigenvalue weighted by Gasteiger charge is -2.34. The molecule has 0 amide bonds. The van der Waals surface area contributed by atoms with Crippen LogP contribution in [0.15, 0.2) is 59.1 Å². The van der Waals surface area contributed by atoms with Crippen LogP contribution in [0.2, 0.25) is 0 Å². The van der Waals surface area contributed by atoms with Gasteiger partial charge in [0, 0.05) is 43.7 Å². The Hall–Kier alpha value is -2.25. The van der Waals surface area contributed by atoms with Crippen LogP contribution in [-0.4, -0.2) is 42.2 Å². The first-order chi connectivity index (χ1) is 14.3. The van der Waals surface area contributed by atoms with E-state index >= 15 is 0 Å². The van der Waals surface area contributed by atoms with Crippen LogP contribution in [0.1, 0.15) is 30.3 Å². The van der Waals surface area contributed by atoms with Gasteiger partial charge in [-0.05, 0) is 37.1 Å². The van der Waals surface area contributed by atoms with Gasteiger partial charge in [0.2, 0.25) is 0 Å². The molecule has 0 saturated carbocycles. The van der Waals surface area contributed by atoms with Crippen molar-refractivity contribution in [3.63, 3.8) is 0 Å². The fraction of sp³-hybridized carbons (Fsp3) is 0.435. The lowest BCUT2D eigenvalue weighted by Crippen LogP contribution is -2.41. The summed E-state index contributed by atoms with van der Waals surface area (Å²) in [7, 11) is 0. The Kier molecular flexibility index (Phi) is 5.58. The molecule has 2 N–H and O–H groups in total. The van der Waals surface area contributed by atoms with Gasteiger partial charge in [-0.1, -0.05) is 24.3 Å². The van der Waals surface area contributed by atoms with E-state index in [0.29, 0.717) is 18.6 Å². The highest BCUT2D eigenvalue weighted by molar-refractivity contribution is 5.77. The number of rotatable bonds is 6. The van der Waals surface area contributed by atoms with Crippen molar-refractivity contribution in [3.8, 4) is 0 Å².